The molecule has 0 heterocycles. The van der Waals surface area contributed by atoms with Gasteiger partial charge >= 0.3 is 0 Å². The Morgan fingerprint density at radius 3 is 2.05 bits per heavy atom. The highest BCUT2D eigenvalue weighted by Crippen LogP contribution is 2.15. The number of sulfonamides is 1. The minimum absolute atomic E-state index is 0. The topological polar surface area (TPSA) is 106 Å². The maximum absolute atomic E-state index is 12.9. The van der Waals surface area contributed by atoms with Gasteiger partial charge in [0, 0.05) is 6.26 Å². The van der Waals surface area contributed by atoms with Gasteiger partial charge < -0.3 is 5.73 Å². The summed E-state index contributed by atoms with van der Waals surface area (Å²) < 4.78 is 73.4. The molecule has 0 spiro atoms. The molecule has 0 aromatic heterocycles. The van der Waals surface area contributed by atoms with E-state index in [9.17, 15) is 25.6 Å². The van der Waals surface area contributed by atoms with Gasteiger partial charge in [0.2, 0.25) is 10.0 Å². The van der Waals surface area contributed by atoms with Gasteiger partial charge in [-0.3, -0.25) is 0 Å². The third-order valence-electron chi connectivity index (χ3n) is 2.48. The molecule has 0 fully saturated rings. The third kappa shape index (κ3) is 6.97. The SMILES string of the molecule is CS(=O)(=O)Cc1ccc(S(=O)(=O)NCC(F)(F)CN)cc1.Cl. The Labute approximate surface area is 134 Å². The number of benzene rings is 1. The zero-order valence-corrected chi connectivity index (χ0v) is 14.1. The van der Waals surface area contributed by atoms with E-state index in [1.807, 2.05) is 0 Å². The van der Waals surface area contributed by atoms with E-state index in [1.54, 1.807) is 4.72 Å². The van der Waals surface area contributed by atoms with E-state index in [1.165, 1.54) is 12.1 Å². The van der Waals surface area contributed by atoms with Gasteiger partial charge in [-0.1, -0.05) is 12.1 Å². The van der Waals surface area contributed by atoms with Crippen molar-refractivity contribution in [2.75, 3.05) is 19.3 Å². The van der Waals surface area contributed by atoms with Gasteiger partial charge in [0.1, 0.15) is 0 Å². The maximum atomic E-state index is 12.9. The van der Waals surface area contributed by atoms with Gasteiger partial charge in [0.25, 0.3) is 5.92 Å². The van der Waals surface area contributed by atoms with E-state index >= 15 is 0 Å². The van der Waals surface area contributed by atoms with Crippen LogP contribution in [0.5, 0.6) is 0 Å². The number of rotatable bonds is 7. The molecule has 1 aromatic carbocycles. The second-order valence-electron chi connectivity index (χ2n) is 4.60. The summed E-state index contributed by atoms with van der Waals surface area (Å²) in [5, 5.41) is 0. The third-order valence-corrected chi connectivity index (χ3v) is 4.76. The first-order chi connectivity index (χ1) is 9.45. The highest BCUT2D eigenvalue weighted by molar-refractivity contribution is 7.90. The fraction of sp³-hybridized carbons (Fsp3) is 0.455. The quantitative estimate of drug-likeness (QED) is 0.719. The van der Waals surface area contributed by atoms with Gasteiger partial charge in [-0.15, -0.1) is 12.4 Å². The van der Waals surface area contributed by atoms with Crippen LogP contribution in [0, 0.1) is 0 Å². The molecule has 0 saturated carbocycles. The summed E-state index contributed by atoms with van der Waals surface area (Å²) in [6, 6.07) is 4.94. The molecule has 1 rings (SSSR count). The second-order valence-corrected chi connectivity index (χ2v) is 8.51. The average Bonchev–Trinajstić information content (AvgIpc) is 2.35. The largest absolute Gasteiger partial charge is 0.325 e. The summed E-state index contributed by atoms with van der Waals surface area (Å²) in [6.45, 7) is -2.07. The smallest absolute Gasteiger partial charge is 0.273 e. The van der Waals surface area contributed by atoms with Crippen LogP contribution >= 0.6 is 12.4 Å². The van der Waals surface area contributed by atoms with Crippen LogP contribution in [0.2, 0.25) is 0 Å². The van der Waals surface area contributed by atoms with Crippen molar-refractivity contribution in [1.82, 2.24) is 4.72 Å². The summed E-state index contributed by atoms with van der Waals surface area (Å²) in [4.78, 5) is -0.229. The lowest BCUT2D eigenvalue weighted by Crippen LogP contribution is -2.41. The van der Waals surface area contributed by atoms with Gasteiger partial charge in [0.15, 0.2) is 9.84 Å². The van der Waals surface area contributed by atoms with Crippen LogP contribution in [0.15, 0.2) is 29.2 Å². The van der Waals surface area contributed by atoms with Crippen LogP contribution < -0.4 is 10.5 Å². The molecule has 0 atom stereocenters. The molecule has 11 heteroatoms. The lowest BCUT2D eigenvalue weighted by atomic mass is 10.2. The summed E-state index contributed by atoms with van der Waals surface area (Å²) in [7, 11) is -7.34. The van der Waals surface area contributed by atoms with Crippen LogP contribution in [0.3, 0.4) is 0 Å². The molecular weight excluding hydrogens is 362 g/mol. The predicted molar refractivity (Wildman–Crippen MR) is 81.4 cm³/mol. The van der Waals surface area contributed by atoms with Crippen molar-refractivity contribution in [1.29, 1.82) is 0 Å². The number of hydrogen-bond acceptors (Lipinski definition) is 5. The van der Waals surface area contributed by atoms with Crippen molar-refractivity contribution < 1.29 is 25.6 Å². The van der Waals surface area contributed by atoms with Gasteiger partial charge in [-0.05, 0) is 17.7 Å². The molecule has 0 radical (unpaired) electrons. The number of sulfone groups is 1. The molecule has 0 bridgehead atoms. The van der Waals surface area contributed by atoms with Crippen molar-refractivity contribution in [2.45, 2.75) is 16.6 Å². The number of alkyl halides is 2. The Kier molecular flexibility index (Phi) is 7.36. The van der Waals surface area contributed by atoms with Crippen molar-refractivity contribution in [3.63, 3.8) is 0 Å². The Bertz CT molecular complexity index is 691. The summed E-state index contributed by atoms with van der Waals surface area (Å²) in [6.07, 6.45) is 1.05. The van der Waals surface area contributed by atoms with Crippen LogP contribution in [-0.2, 0) is 25.6 Å². The molecule has 1 aromatic rings. The van der Waals surface area contributed by atoms with E-state index in [0.29, 0.717) is 5.56 Å². The summed E-state index contributed by atoms with van der Waals surface area (Å²) in [5.41, 5.74) is 5.22. The maximum Gasteiger partial charge on any atom is 0.273 e. The van der Waals surface area contributed by atoms with E-state index in [2.05, 4.69) is 0 Å². The molecule has 22 heavy (non-hydrogen) atoms. The molecule has 0 saturated heterocycles. The van der Waals surface area contributed by atoms with E-state index < -0.39 is 38.9 Å². The standard InChI is InChI=1S/C11H16F2N2O4S2.ClH/c1-20(16,17)6-9-2-4-10(5-3-9)21(18,19)15-8-11(12,13)7-14;/h2-5,15H,6-8,14H2,1H3;1H. The molecule has 0 aliphatic heterocycles. The van der Waals surface area contributed by atoms with Crippen LogP contribution in [-0.4, -0.2) is 42.1 Å². The fourth-order valence-corrected chi connectivity index (χ4v) is 3.28. The molecule has 0 amide bonds. The van der Waals surface area contributed by atoms with Gasteiger partial charge in [0.05, 0.1) is 23.7 Å². The Hall–Kier alpha value is -0.810. The van der Waals surface area contributed by atoms with Crippen LogP contribution in [0.4, 0.5) is 8.78 Å². The van der Waals surface area contributed by atoms with Gasteiger partial charge in [-0.2, -0.15) is 0 Å². The molecular formula is C11H17ClF2N2O4S2. The number of nitrogens with one attached hydrogen (secondary N) is 1. The zero-order chi connectivity index (χ0) is 16.3. The first kappa shape index (κ1) is 21.2. The van der Waals surface area contributed by atoms with E-state index in [4.69, 9.17) is 5.73 Å². The van der Waals surface area contributed by atoms with Crippen LogP contribution in [0.1, 0.15) is 5.56 Å². The Balaban J connectivity index is 0.00000441. The Morgan fingerprint density at radius 1 is 1.14 bits per heavy atom. The minimum atomic E-state index is -4.10. The fourth-order valence-electron chi connectivity index (χ4n) is 1.42. The molecule has 3 N–H and O–H groups in total. The molecule has 0 aliphatic carbocycles. The molecule has 0 unspecified atom stereocenters. The minimum Gasteiger partial charge on any atom is -0.325 e. The Morgan fingerprint density at radius 2 is 1.64 bits per heavy atom. The summed E-state index contributed by atoms with van der Waals surface area (Å²) >= 11 is 0. The monoisotopic (exact) mass is 378 g/mol. The van der Waals surface area contributed by atoms with E-state index in [0.717, 1.165) is 18.4 Å². The molecule has 6 nitrogen and oxygen atoms in total. The van der Waals surface area contributed by atoms with Crippen LogP contribution in [0.25, 0.3) is 0 Å². The van der Waals surface area contributed by atoms with Crippen molar-refractivity contribution in [2.24, 2.45) is 5.73 Å². The zero-order valence-electron chi connectivity index (χ0n) is 11.6. The predicted octanol–water partition coefficient (Wildman–Crippen LogP) is 0.525. The first-order valence-corrected chi connectivity index (χ1v) is 9.34. The highest BCUT2D eigenvalue weighted by atomic mass is 35.5. The average molecular weight is 379 g/mol. The number of hydrogen-bond donors (Lipinski definition) is 2. The highest BCUT2D eigenvalue weighted by Gasteiger charge is 2.29. The molecule has 128 valence electrons. The van der Waals surface area contributed by atoms with Crippen molar-refractivity contribution >= 4 is 32.3 Å². The first-order valence-electron chi connectivity index (χ1n) is 5.79. The van der Waals surface area contributed by atoms with E-state index in [-0.39, 0.29) is 23.1 Å². The number of nitrogens with two attached hydrogens (primary N) is 1. The lowest BCUT2D eigenvalue weighted by Gasteiger charge is -2.14. The lowest BCUT2D eigenvalue weighted by molar-refractivity contribution is 0.0170. The normalized spacial score (nSPS) is 12.7. The van der Waals surface area contributed by atoms with Gasteiger partial charge in [-0.25, -0.2) is 30.3 Å². The molecule has 0 aliphatic rings. The van der Waals surface area contributed by atoms with Crippen molar-refractivity contribution in [3.05, 3.63) is 29.8 Å². The number of halogens is 3. The second kappa shape index (κ2) is 7.64. The van der Waals surface area contributed by atoms with Crippen molar-refractivity contribution in [3.8, 4) is 0 Å². The summed E-state index contributed by atoms with van der Waals surface area (Å²) in [5.74, 6) is -3.56.